The molecule has 0 unspecified atom stereocenters. The van der Waals surface area contributed by atoms with Gasteiger partial charge in [0.25, 0.3) is 0 Å². The third kappa shape index (κ3) is 3.27. The molecule has 1 atom stereocenters. The molecule has 0 aliphatic heterocycles. The van der Waals surface area contributed by atoms with Crippen LogP contribution in [0, 0.1) is 0 Å². The lowest BCUT2D eigenvalue weighted by molar-refractivity contribution is 0.573. The number of hydrogen-bond donors (Lipinski definition) is 1. The zero-order valence-corrected chi connectivity index (χ0v) is 13.3. The van der Waals surface area contributed by atoms with Gasteiger partial charge in [-0.25, -0.2) is 8.42 Å². The first kappa shape index (κ1) is 15.0. The molecule has 0 aliphatic carbocycles. The molecule has 0 amide bonds. The first-order valence-corrected chi connectivity index (χ1v) is 9.19. The summed E-state index contributed by atoms with van der Waals surface area (Å²) in [5.74, 6) is 0. The summed E-state index contributed by atoms with van der Waals surface area (Å²) in [7, 11) is -3.58. The van der Waals surface area contributed by atoms with E-state index in [0.29, 0.717) is 0 Å². The van der Waals surface area contributed by atoms with Crippen LogP contribution in [-0.2, 0) is 10.0 Å². The summed E-state index contributed by atoms with van der Waals surface area (Å²) in [5, 5.41) is 1.95. The molecule has 3 aromatic rings. The monoisotopic (exact) mass is 329 g/mol. The molecule has 1 heterocycles. The van der Waals surface area contributed by atoms with Crippen molar-refractivity contribution >= 4 is 21.4 Å². The molecule has 0 bridgehead atoms. The van der Waals surface area contributed by atoms with Crippen molar-refractivity contribution in [1.29, 1.82) is 0 Å². The van der Waals surface area contributed by atoms with Gasteiger partial charge in [-0.3, -0.25) is 0 Å². The highest BCUT2D eigenvalue weighted by molar-refractivity contribution is 7.89. The SMILES string of the molecule is O=S(=O)(N[C@@H](c1ccccc1)c1cccs1)c1ccccc1. The summed E-state index contributed by atoms with van der Waals surface area (Å²) < 4.78 is 28.0. The molecule has 0 aliphatic rings. The quantitative estimate of drug-likeness (QED) is 0.773. The minimum Gasteiger partial charge on any atom is -0.207 e. The highest BCUT2D eigenvalue weighted by atomic mass is 32.2. The summed E-state index contributed by atoms with van der Waals surface area (Å²) in [6, 6.07) is 21.5. The van der Waals surface area contributed by atoms with Crippen LogP contribution in [0.4, 0.5) is 0 Å². The molecule has 1 N–H and O–H groups in total. The van der Waals surface area contributed by atoms with Crippen molar-refractivity contribution in [2.75, 3.05) is 0 Å². The topological polar surface area (TPSA) is 46.2 Å². The van der Waals surface area contributed by atoms with E-state index in [1.807, 2.05) is 47.8 Å². The van der Waals surface area contributed by atoms with Crippen molar-refractivity contribution in [3.05, 3.63) is 88.6 Å². The predicted molar refractivity (Wildman–Crippen MR) is 89.4 cm³/mol. The fourth-order valence-electron chi connectivity index (χ4n) is 2.21. The highest BCUT2D eigenvalue weighted by Gasteiger charge is 2.23. The van der Waals surface area contributed by atoms with Crippen LogP contribution >= 0.6 is 11.3 Å². The molecule has 2 aromatic carbocycles. The summed E-state index contributed by atoms with van der Waals surface area (Å²) in [6.45, 7) is 0. The maximum atomic E-state index is 12.6. The maximum Gasteiger partial charge on any atom is 0.241 e. The van der Waals surface area contributed by atoms with Gasteiger partial charge in [0.1, 0.15) is 0 Å². The Balaban J connectivity index is 1.98. The zero-order valence-electron chi connectivity index (χ0n) is 11.7. The third-order valence-electron chi connectivity index (χ3n) is 3.29. The fraction of sp³-hybridized carbons (Fsp3) is 0.0588. The van der Waals surface area contributed by atoms with E-state index in [9.17, 15) is 8.42 Å². The fourth-order valence-corrected chi connectivity index (χ4v) is 4.32. The molecule has 0 fully saturated rings. The van der Waals surface area contributed by atoms with Gasteiger partial charge >= 0.3 is 0 Å². The van der Waals surface area contributed by atoms with Gasteiger partial charge in [0, 0.05) is 4.88 Å². The van der Waals surface area contributed by atoms with Crippen LogP contribution < -0.4 is 4.72 Å². The number of rotatable bonds is 5. The number of thiophene rings is 1. The Morgan fingerprint density at radius 1 is 0.818 bits per heavy atom. The van der Waals surface area contributed by atoms with Crippen LogP contribution in [0.2, 0.25) is 0 Å². The molecular weight excluding hydrogens is 314 g/mol. The average Bonchev–Trinajstić information content (AvgIpc) is 3.09. The summed E-state index contributed by atoms with van der Waals surface area (Å²) in [5.41, 5.74) is 0.921. The minimum absolute atomic E-state index is 0.271. The molecule has 0 saturated heterocycles. The van der Waals surface area contributed by atoms with E-state index in [1.54, 1.807) is 30.3 Å². The summed E-state index contributed by atoms with van der Waals surface area (Å²) in [4.78, 5) is 1.23. The number of nitrogens with one attached hydrogen (secondary N) is 1. The van der Waals surface area contributed by atoms with Crippen molar-refractivity contribution in [3.8, 4) is 0 Å². The summed E-state index contributed by atoms with van der Waals surface area (Å²) in [6.07, 6.45) is 0. The van der Waals surface area contributed by atoms with Crippen molar-refractivity contribution in [1.82, 2.24) is 4.72 Å². The average molecular weight is 329 g/mol. The van der Waals surface area contributed by atoms with Crippen LogP contribution in [-0.4, -0.2) is 8.42 Å². The normalized spacial score (nSPS) is 12.9. The molecule has 0 spiro atoms. The number of sulfonamides is 1. The second kappa shape index (κ2) is 6.44. The molecule has 112 valence electrons. The van der Waals surface area contributed by atoms with E-state index in [4.69, 9.17) is 0 Å². The van der Waals surface area contributed by atoms with Gasteiger partial charge in [0.05, 0.1) is 10.9 Å². The van der Waals surface area contributed by atoms with Crippen LogP contribution in [0.3, 0.4) is 0 Å². The second-order valence-electron chi connectivity index (χ2n) is 4.79. The van der Waals surface area contributed by atoms with E-state index in [-0.39, 0.29) is 10.9 Å². The van der Waals surface area contributed by atoms with E-state index in [2.05, 4.69) is 4.72 Å². The lowest BCUT2D eigenvalue weighted by Gasteiger charge is -2.18. The third-order valence-corrected chi connectivity index (χ3v) is 5.66. The Labute approximate surface area is 134 Å². The van der Waals surface area contributed by atoms with Crippen molar-refractivity contribution in [2.45, 2.75) is 10.9 Å². The van der Waals surface area contributed by atoms with Crippen LogP contribution in [0.1, 0.15) is 16.5 Å². The largest absolute Gasteiger partial charge is 0.241 e. The number of hydrogen-bond acceptors (Lipinski definition) is 3. The van der Waals surface area contributed by atoms with Gasteiger partial charge in [-0.1, -0.05) is 54.6 Å². The second-order valence-corrected chi connectivity index (χ2v) is 7.49. The molecule has 3 nitrogen and oxygen atoms in total. The molecule has 1 aromatic heterocycles. The summed E-state index contributed by atoms with van der Waals surface area (Å²) >= 11 is 1.53. The Morgan fingerprint density at radius 3 is 2.05 bits per heavy atom. The van der Waals surface area contributed by atoms with Crippen LogP contribution in [0.15, 0.2) is 83.1 Å². The van der Waals surface area contributed by atoms with Gasteiger partial charge in [0.2, 0.25) is 10.0 Å². The maximum absolute atomic E-state index is 12.6. The van der Waals surface area contributed by atoms with Gasteiger partial charge < -0.3 is 0 Å². The first-order valence-electron chi connectivity index (χ1n) is 6.82. The Morgan fingerprint density at radius 2 is 1.45 bits per heavy atom. The molecular formula is C17H15NO2S2. The zero-order chi connectivity index (χ0) is 15.4. The van der Waals surface area contributed by atoms with Gasteiger partial charge in [-0.2, -0.15) is 4.72 Å². The highest BCUT2D eigenvalue weighted by Crippen LogP contribution is 2.27. The van der Waals surface area contributed by atoms with E-state index in [1.165, 1.54) is 11.3 Å². The van der Waals surface area contributed by atoms with Crippen molar-refractivity contribution in [3.63, 3.8) is 0 Å². The van der Waals surface area contributed by atoms with E-state index >= 15 is 0 Å². The van der Waals surface area contributed by atoms with Crippen LogP contribution in [0.5, 0.6) is 0 Å². The minimum atomic E-state index is -3.58. The molecule has 0 radical (unpaired) electrons. The van der Waals surface area contributed by atoms with Gasteiger partial charge in [0.15, 0.2) is 0 Å². The van der Waals surface area contributed by atoms with E-state index in [0.717, 1.165) is 10.4 Å². The standard InChI is InChI=1S/C17H15NO2S2/c19-22(20,15-10-5-2-6-11-15)18-17(16-12-7-13-21-16)14-8-3-1-4-9-14/h1-13,17-18H/t17-/m0/s1. The molecule has 5 heteroatoms. The molecule has 0 saturated carbocycles. The molecule has 22 heavy (non-hydrogen) atoms. The number of benzene rings is 2. The van der Waals surface area contributed by atoms with E-state index < -0.39 is 10.0 Å². The predicted octanol–water partition coefficient (Wildman–Crippen LogP) is 3.82. The first-order chi connectivity index (χ1) is 10.7. The Bertz CT molecular complexity index is 814. The van der Waals surface area contributed by atoms with Crippen LogP contribution in [0.25, 0.3) is 0 Å². The van der Waals surface area contributed by atoms with Crippen molar-refractivity contribution in [2.24, 2.45) is 0 Å². The molecule has 3 rings (SSSR count). The lowest BCUT2D eigenvalue weighted by Crippen LogP contribution is -2.28. The Kier molecular flexibility index (Phi) is 4.38. The smallest absolute Gasteiger partial charge is 0.207 e. The lowest BCUT2D eigenvalue weighted by atomic mass is 10.1. The van der Waals surface area contributed by atoms with Crippen molar-refractivity contribution < 1.29 is 8.42 Å². The van der Waals surface area contributed by atoms with Gasteiger partial charge in [-0.05, 0) is 29.1 Å². The van der Waals surface area contributed by atoms with Gasteiger partial charge in [-0.15, -0.1) is 11.3 Å². The Hall–Kier alpha value is -1.95.